The van der Waals surface area contributed by atoms with Gasteiger partial charge in [0.25, 0.3) is 5.91 Å². The molecule has 0 radical (unpaired) electrons. The van der Waals surface area contributed by atoms with Crippen LogP contribution in [0, 0.1) is 6.92 Å². The van der Waals surface area contributed by atoms with Crippen molar-refractivity contribution in [2.24, 2.45) is 0 Å². The van der Waals surface area contributed by atoms with Crippen LogP contribution >= 0.6 is 22.9 Å². The predicted molar refractivity (Wildman–Crippen MR) is 87.2 cm³/mol. The molecule has 0 aliphatic carbocycles. The van der Waals surface area contributed by atoms with Crippen molar-refractivity contribution in [3.05, 3.63) is 63.1 Å². The van der Waals surface area contributed by atoms with E-state index in [0.717, 1.165) is 10.4 Å². The Balaban J connectivity index is 1.76. The number of thiophene rings is 1. The van der Waals surface area contributed by atoms with Crippen LogP contribution in [-0.4, -0.2) is 10.9 Å². The zero-order valence-electron chi connectivity index (χ0n) is 11.8. The Hall–Kier alpha value is -2.11. The highest BCUT2D eigenvalue weighted by Crippen LogP contribution is 2.23. The number of carbonyl (C=O) groups is 1. The number of benzene rings is 1. The summed E-state index contributed by atoms with van der Waals surface area (Å²) >= 11 is 7.46. The van der Waals surface area contributed by atoms with E-state index in [1.165, 1.54) is 0 Å². The van der Waals surface area contributed by atoms with E-state index in [9.17, 15) is 4.79 Å². The van der Waals surface area contributed by atoms with Gasteiger partial charge in [0.15, 0.2) is 5.69 Å². The van der Waals surface area contributed by atoms with E-state index >= 15 is 0 Å². The summed E-state index contributed by atoms with van der Waals surface area (Å²) in [7, 11) is 0. The smallest absolute Gasteiger partial charge is 0.273 e. The van der Waals surface area contributed by atoms with Crippen LogP contribution in [-0.2, 0) is 6.54 Å². The number of nitrogens with one attached hydrogen (secondary N) is 1. The van der Waals surface area contributed by atoms with Gasteiger partial charge in [-0.2, -0.15) is 0 Å². The van der Waals surface area contributed by atoms with Crippen LogP contribution in [0.25, 0.3) is 11.5 Å². The Morgan fingerprint density at radius 3 is 2.77 bits per heavy atom. The average Bonchev–Trinajstić information content (AvgIpc) is 3.15. The van der Waals surface area contributed by atoms with Crippen molar-refractivity contribution < 1.29 is 9.21 Å². The average molecular weight is 333 g/mol. The summed E-state index contributed by atoms with van der Waals surface area (Å²) in [4.78, 5) is 17.6. The van der Waals surface area contributed by atoms with Gasteiger partial charge < -0.3 is 9.73 Å². The maximum absolute atomic E-state index is 12.2. The van der Waals surface area contributed by atoms with Crippen molar-refractivity contribution in [1.82, 2.24) is 10.3 Å². The molecule has 0 aliphatic rings. The number of amides is 1. The lowest BCUT2D eigenvalue weighted by atomic mass is 10.2. The molecule has 112 valence electrons. The summed E-state index contributed by atoms with van der Waals surface area (Å²) in [5, 5.41) is 5.46. The molecule has 1 N–H and O–H groups in total. The van der Waals surface area contributed by atoms with Crippen molar-refractivity contribution in [1.29, 1.82) is 0 Å². The fourth-order valence-corrected chi connectivity index (χ4v) is 2.76. The van der Waals surface area contributed by atoms with Crippen LogP contribution in [0.5, 0.6) is 0 Å². The summed E-state index contributed by atoms with van der Waals surface area (Å²) < 4.78 is 5.59. The summed E-state index contributed by atoms with van der Waals surface area (Å²) in [6.45, 7) is 2.21. The first-order valence-corrected chi connectivity index (χ1v) is 7.93. The number of hydrogen-bond acceptors (Lipinski definition) is 4. The lowest BCUT2D eigenvalue weighted by Gasteiger charge is -2.00. The van der Waals surface area contributed by atoms with Crippen molar-refractivity contribution in [3.63, 3.8) is 0 Å². The lowest BCUT2D eigenvalue weighted by molar-refractivity contribution is 0.0945. The SMILES string of the molecule is Cc1oc(-c2ccc(Cl)cc2)nc1C(=O)NCc1cccs1. The number of rotatable bonds is 4. The largest absolute Gasteiger partial charge is 0.441 e. The van der Waals surface area contributed by atoms with Crippen molar-refractivity contribution in [3.8, 4) is 11.5 Å². The molecule has 0 saturated heterocycles. The van der Waals surface area contributed by atoms with E-state index in [1.807, 2.05) is 17.5 Å². The Kier molecular flexibility index (Phi) is 4.27. The van der Waals surface area contributed by atoms with Gasteiger partial charge in [0.2, 0.25) is 5.89 Å². The predicted octanol–water partition coefficient (Wildman–Crippen LogP) is 4.29. The zero-order valence-corrected chi connectivity index (χ0v) is 13.4. The molecular weight excluding hydrogens is 320 g/mol. The third kappa shape index (κ3) is 3.21. The molecule has 0 fully saturated rings. The summed E-state index contributed by atoms with van der Waals surface area (Å²) in [6.07, 6.45) is 0. The number of hydrogen-bond donors (Lipinski definition) is 1. The number of halogens is 1. The van der Waals surface area contributed by atoms with Gasteiger partial charge in [-0.1, -0.05) is 17.7 Å². The van der Waals surface area contributed by atoms with Gasteiger partial charge in [0.05, 0.1) is 6.54 Å². The first-order chi connectivity index (χ1) is 10.6. The molecule has 3 rings (SSSR count). The number of carbonyl (C=O) groups excluding carboxylic acids is 1. The highest BCUT2D eigenvalue weighted by molar-refractivity contribution is 7.09. The second kappa shape index (κ2) is 6.34. The maximum Gasteiger partial charge on any atom is 0.273 e. The van der Waals surface area contributed by atoms with Crippen molar-refractivity contribution >= 4 is 28.8 Å². The van der Waals surface area contributed by atoms with Crippen LogP contribution in [0.1, 0.15) is 21.1 Å². The molecule has 2 heterocycles. The Morgan fingerprint density at radius 1 is 1.32 bits per heavy atom. The van der Waals surface area contributed by atoms with E-state index in [0.29, 0.717) is 28.9 Å². The third-order valence-corrected chi connectivity index (χ3v) is 4.23. The molecule has 0 atom stereocenters. The minimum absolute atomic E-state index is 0.241. The first kappa shape index (κ1) is 14.8. The van der Waals surface area contributed by atoms with Gasteiger partial charge in [-0.15, -0.1) is 11.3 Å². The molecular formula is C16H13ClN2O2S. The van der Waals surface area contributed by atoms with Gasteiger partial charge in [-0.25, -0.2) is 4.98 Å². The van der Waals surface area contributed by atoms with Crippen LogP contribution in [0.15, 0.2) is 46.2 Å². The second-order valence-corrected chi connectivity index (χ2v) is 6.16. The highest BCUT2D eigenvalue weighted by Gasteiger charge is 2.17. The molecule has 0 aliphatic heterocycles. The fourth-order valence-electron chi connectivity index (χ4n) is 1.99. The normalized spacial score (nSPS) is 10.6. The van der Waals surface area contributed by atoms with Gasteiger partial charge in [0, 0.05) is 15.5 Å². The zero-order chi connectivity index (χ0) is 15.5. The van der Waals surface area contributed by atoms with Gasteiger partial charge in [-0.05, 0) is 42.6 Å². The molecule has 22 heavy (non-hydrogen) atoms. The molecule has 0 saturated carbocycles. The Bertz CT molecular complexity index is 779. The number of aryl methyl sites for hydroxylation is 1. The minimum atomic E-state index is -0.241. The van der Waals surface area contributed by atoms with E-state index < -0.39 is 0 Å². The highest BCUT2D eigenvalue weighted by atomic mass is 35.5. The van der Waals surface area contributed by atoms with E-state index in [4.69, 9.17) is 16.0 Å². The molecule has 3 aromatic rings. The number of nitrogens with zero attached hydrogens (tertiary/aromatic N) is 1. The fraction of sp³-hybridized carbons (Fsp3) is 0.125. The van der Waals surface area contributed by atoms with Crippen LogP contribution in [0.4, 0.5) is 0 Å². The number of aromatic nitrogens is 1. The van der Waals surface area contributed by atoms with Gasteiger partial charge in [-0.3, -0.25) is 4.79 Å². The molecule has 0 unspecified atom stereocenters. The summed E-state index contributed by atoms with van der Waals surface area (Å²) in [5.41, 5.74) is 1.09. The van der Waals surface area contributed by atoms with E-state index in [1.54, 1.807) is 42.5 Å². The van der Waals surface area contributed by atoms with Crippen LogP contribution in [0.3, 0.4) is 0 Å². The van der Waals surface area contributed by atoms with Gasteiger partial charge in [0.1, 0.15) is 5.76 Å². The molecule has 6 heteroatoms. The van der Waals surface area contributed by atoms with Gasteiger partial charge >= 0.3 is 0 Å². The van der Waals surface area contributed by atoms with Crippen molar-refractivity contribution in [2.75, 3.05) is 0 Å². The second-order valence-electron chi connectivity index (χ2n) is 4.69. The summed E-state index contributed by atoms with van der Waals surface area (Å²) in [6, 6.07) is 11.0. The Morgan fingerprint density at radius 2 is 2.09 bits per heavy atom. The number of oxazole rings is 1. The van der Waals surface area contributed by atoms with Crippen LogP contribution < -0.4 is 5.32 Å². The molecule has 4 nitrogen and oxygen atoms in total. The lowest BCUT2D eigenvalue weighted by Crippen LogP contribution is -2.23. The van der Waals surface area contributed by atoms with Crippen molar-refractivity contribution in [2.45, 2.75) is 13.5 Å². The molecule has 2 aromatic heterocycles. The molecule has 0 bridgehead atoms. The van der Waals surface area contributed by atoms with Crippen LogP contribution in [0.2, 0.25) is 5.02 Å². The molecule has 1 amide bonds. The molecule has 0 spiro atoms. The molecule has 1 aromatic carbocycles. The monoisotopic (exact) mass is 332 g/mol. The third-order valence-electron chi connectivity index (χ3n) is 3.11. The summed E-state index contributed by atoms with van der Waals surface area (Å²) in [5.74, 6) is 0.666. The standard InChI is InChI=1S/C16H13ClN2O2S/c1-10-14(15(20)18-9-13-3-2-8-22-13)19-16(21-10)11-4-6-12(17)7-5-11/h2-8H,9H2,1H3,(H,18,20). The topological polar surface area (TPSA) is 55.1 Å². The van der Waals surface area contributed by atoms with E-state index in [2.05, 4.69) is 10.3 Å². The maximum atomic E-state index is 12.2. The Labute approximate surface area is 136 Å². The quantitative estimate of drug-likeness (QED) is 0.775. The minimum Gasteiger partial charge on any atom is -0.441 e. The first-order valence-electron chi connectivity index (χ1n) is 6.67. The van der Waals surface area contributed by atoms with E-state index in [-0.39, 0.29) is 5.91 Å².